The molecule has 0 aliphatic carbocycles. The monoisotopic (exact) mass is 291 g/mol. The Hall–Kier alpha value is -1.92. The molecule has 1 aliphatic rings. The minimum absolute atomic E-state index is 0.0835. The highest BCUT2D eigenvalue weighted by atomic mass is 35.5. The van der Waals surface area contributed by atoms with E-state index in [1.807, 2.05) is 6.20 Å². The van der Waals surface area contributed by atoms with Gasteiger partial charge in [0.25, 0.3) is 0 Å². The zero-order valence-electron chi connectivity index (χ0n) is 10.8. The first-order valence-electron chi connectivity index (χ1n) is 6.34. The second kappa shape index (κ2) is 5.60. The van der Waals surface area contributed by atoms with Gasteiger partial charge in [-0.05, 0) is 12.1 Å². The molecule has 1 amide bonds. The summed E-state index contributed by atoms with van der Waals surface area (Å²) < 4.78 is 2.11. The van der Waals surface area contributed by atoms with Crippen LogP contribution >= 0.6 is 11.6 Å². The number of nitrogens with zero attached hydrogens (tertiary/aromatic N) is 4. The van der Waals surface area contributed by atoms with E-state index in [1.54, 1.807) is 18.3 Å². The molecule has 0 aromatic carbocycles. The van der Waals surface area contributed by atoms with Gasteiger partial charge in [-0.2, -0.15) is 0 Å². The van der Waals surface area contributed by atoms with Crippen molar-refractivity contribution in [3.8, 4) is 0 Å². The molecule has 6 nitrogen and oxygen atoms in total. The van der Waals surface area contributed by atoms with Crippen molar-refractivity contribution in [1.29, 1.82) is 0 Å². The predicted octanol–water partition coefficient (Wildman–Crippen LogP) is 1.39. The number of aromatic nitrogens is 3. The normalized spacial score (nSPS) is 14.8. The predicted molar refractivity (Wildman–Crippen MR) is 75.4 cm³/mol. The lowest BCUT2D eigenvalue weighted by atomic mass is 10.3. The summed E-state index contributed by atoms with van der Waals surface area (Å²) in [5, 5.41) is 3.30. The molecule has 1 N–H and O–H groups in total. The Bertz CT molecular complexity index is 609. The molecule has 2 aromatic heterocycles. The third kappa shape index (κ3) is 2.97. The smallest absolute Gasteiger partial charge is 0.239 e. The summed E-state index contributed by atoms with van der Waals surface area (Å²) in [4.78, 5) is 22.3. The molecule has 0 atom stereocenters. The maximum atomic E-state index is 12.0. The maximum absolute atomic E-state index is 12.0. The van der Waals surface area contributed by atoms with Crippen LogP contribution in [0.3, 0.4) is 0 Å². The second-order valence-corrected chi connectivity index (χ2v) is 5.09. The molecule has 20 heavy (non-hydrogen) atoms. The van der Waals surface area contributed by atoms with Crippen molar-refractivity contribution in [2.24, 2.45) is 0 Å². The van der Waals surface area contributed by atoms with Crippen molar-refractivity contribution in [2.75, 3.05) is 18.4 Å². The van der Waals surface area contributed by atoms with Gasteiger partial charge in [-0.15, -0.1) is 0 Å². The van der Waals surface area contributed by atoms with Crippen LogP contribution in [0.2, 0.25) is 5.02 Å². The number of fused-ring (bicyclic) bond motifs is 1. The van der Waals surface area contributed by atoms with Crippen LogP contribution in [0, 0.1) is 0 Å². The third-order valence-corrected chi connectivity index (χ3v) is 3.41. The van der Waals surface area contributed by atoms with Crippen molar-refractivity contribution >= 4 is 23.3 Å². The van der Waals surface area contributed by atoms with E-state index in [0.717, 1.165) is 18.9 Å². The molecular weight excluding hydrogens is 278 g/mol. The zero-order chi connectivity index (χ0) is 13.9. The van der Waals surface area contributed by atoms with E-state index in [-0.39, 0.29) is 5.91 Å². The lowest BCUT2D eigenvalue weighted by Crippen LogP contribution is -2.39. The molecule has 2 aromatic rings. The molecule has 1 aliphatic heterocycles. The van der Waals surface area contributed by atoms with Crippen LogP contribution in [0.1, 0.15) is 5.82 Å². The molecule has 0 saturated heterocycles. The Morgan fingerprint density at radius 1 is 1.35 bits per heavy atom. The van der Waals surface area contributed by atoms with Gasteiger partial charge in [-0.1, -0.05) is 11.6 Å². The molecule has 0 radical (unpaired) electrons. The number of hydrogen-bond acceptors (Lipinski definition) is 4. The molecule has 0 bridgehead atoms. The number of anilines is 1. The van der Waals surface area contributed by atoms with E-state index in [0.29, 0.717) is 23.9 Å². The minimum atomic E-state index is -0.0835. The van der Waals surface area contributed by atoms with Gasteiger partial charge in [0.1, 0.15) is 11.6 Å². The first kappa shape index (κ1) is 13.1. The van der Waals surface area contributed by atoms with Crippen molar-refractivity contribution in [3.05, 3.63) is 41.6 Å². The average Bonchev–Trinajstić information content (AvgIpc) is 2.89. The number of carbonyl (C=O) groups is 1. The number of imidazole rings is 1. The van der Waals surface area contributed by atoms with Crippen molar-refractivity contribution < 1.29 is 4.79 Å². The molecule has 0 fully saturated rings. The molecule has 0 spiro atoms. The van der Waals surface area contributed by atoms with Crippen LogP contribution < -0.4 is 5.32 Å². The van der Waals surface area contributed by atoms with Gasteiger partial charge in [0.2, 0.25) is 5.91 Å². The highest BCUT2D eigenvalue weighted by Crippen LogP contribution is 2.11. The Morgan fingerprint density at radius 3 is 3.05 bits per heavy atom. The number of hydrogen-bond donors (Lipinski definition) is 1. The SMILES string of the molecule is O=C(CN1CCn2ccnc2C1)Nc1ccc(Cl)cn1. The Kier molecular flexibility index (Phi) is 3.66. The largest absolute Gasteiger partial charge is 0.333 e. The van der Waals surface area contributed by atoms with Gasteiger partial charge in [-0.25, -0.2) is 9.97 Å². The first-order valence-corrected chi connectivity index (χ1v) is 6.72. The van der Waals surface area contributed by atoms with Crippen LogP contribution in [-0.2, 0) is 17.9 Å². The summed E-state index contributed by atoms with van der Waals surface area (Å²) >= 11 is 5.75. The van der Waals surface area contributed by atoms with Gasteiger partial charge in [0, 0.05) is 31.7 Å². The summed E-state index contributed by atoms with van der Waals surface area (Å²) in [6.07, 6.45) is 5.26. The lowest BCUT2D eigenvalue weighted by Gasteiger charge is -2.26. The number of nitrogens with one attached hydrogen (secondary N) is 1. The molecule has 0 saturated carbocycles. The second-order valence-electron chi connectivity index (χ2n) is 4.66. The molecule has 0 unspecified atom stereocenters. The van der Waals surface area contributed by atoms with Crippen LogP contribution in [0.5, 0.6) is 0 Å². The van der Waals surface area contributed by atoms with Crippen LogP contribution in [0.4, 0.5) is 5.82 Å². The minimum Gasteiger partial charge on any atom is -0.333 e. The van der Waals surface area contributed by atoms with Gasteiger partial charge < -0.3 is 9.88 Å². The summed E-state index contributed by atoms with van der Waals surface area (Å²) in [5.41, 5.74) is 0. The number of pyridine rings is 1. The van der Waals surface area contributed by atoms with E-state index in [2.05, 4.69) is 24.8 Å². The summed E-state index contributed by atoms with van der Waals surface area (Å²) in [6.45, 7) is 2.72. The van der Waals surface area contributed by atoms with E-state index in [4.69, 9.17) is 11.6 Å². The Morgan fingerprint density at radius 2 is 2.25 bits per heavy atom. The summed E-state index contributed by atoms with van der Waals surface area (Å²) in [6, 6.07) is 3.38. The van der Waals surface area contributed by atoms with E-state index < -0.39 is 0 Å². The van der Waals surface area contributed by atoms with Crippen molar-refractivity contribution in [1.82, 2.24) is 19.4 Å². The fourth-order valence-corrected chi connectivity index (χ4v) is 2.31. The van der Waals surface area contributed by atoms with Crippen molar-refractivity contribution in [2.45, 2.75) is 13.1 Å². The summed E-state index contributed by atoms with van der Waals surface area (Å²) in [5.74, 6) is 1.42. The number of carbonyl (C=O) groups excluding carboxylic acids is 1. The summed E-state index contributed by atoms with van der Waals surface area (Å²) in [7, 11) is 0. The number of amides is 1. The Labute approximate surface area is 121 Å². The van der Waals surface area contributed by atoms with E-state index in [1.165, 1.54) is 6.20 Å². The Balaban J connectivity index is 1.56. The maximum Gasteiger partial charge on any atom is 0.239 e. The standard InChI is InChI=1S/C13H14ClN5O/c14-10-1-2-11(16-7-10)17-13(20)9-18-5-6-19-4-3-15-12(19)8-18/h1-4,7H,5-6,8-9H2,(H,16,17,20). The van der Waals surface area contributed by atoms with E-state index in [9.17, 15) is 4.79 Å². The van der Waals surface area contributed by atoms with Gasteiger partial charge in [-0.3, -0.25) is 9.69 Å². The topological polar surface area (TPSA) is 63.1 Å². The number of halogens is 1. The molecule has 7 heteroatoms. The third-order valence-electron chi connectivity index (χ3n) is 3.19. The fraction of sp³-hybridized carbons (Fsp3) is 0.308. The highest BCUT2D eigenvalue weighted by Gasteiger charge is 2.18. The average molecular weight is 292 g/mol. The van der Waals surface area contributed by atoms with Gasteiger partial charge >= 0.3 is 0 Å². The van der Waals surface area contributed by atoms with Gasteiger partial charge in [0.15, 0.2) is 0 Å². The van der Waals surface area contributed by atoms with Crippen molar-refractivity contribution in [3.63, 3.8) is 0 Å². The lowest BCUT2D eigenvalue weighted by molar-refractivity contribution is -0.117. The zero-order valence-corrected chi connectivity index (χ0v) is 11.5. The highest BCUT2D eigenvalue weighted by molar-refractivity contribution is 6.30. The first-order chi connectivity index (χ1) is 9.70. The van der Waals surface area contributed by atoms with Crippen LogP contribution in [0.25, 0.3) is 0 Å². The van der Waals surface area contributed by atoms with Gasteiger partial charge in [0.05, 0.1) is 18.1 Å². The van der Waals surface area contributed by atoms with E-state index >= 15 is 0 Å². The molecule has 3 rings (SSSR count). The quantitative estimate of drug-likeness (QED) is 0.928. The molecule has 104 valence electrons. The number of rotatable bonds is 3. The fourth-order valence-electron chi connectivity index (χ4n) is 2.19. The van der Waals surface area contributed by atoms with Crippen LogP contribution in [0.15, 0.2) is 30.7 Å². The molecular formula is C13H14ClN5O. The van der Waals surface area contributed by atoms with Crippen LogP contribution in [-0.4, -0.2) is 38.4 Å². The molecule has 3 heterocycles.